The van der Waals surface area contributed by atoms with Gasteiger partial charge in [-0.25, -0.2) is 0 Å². The summed E-state index contributed by atoms with van der Waals surface area (Å²) in [6.45, 7) is 12.3. The monoisotopic (exact) mass is 360 g/mol. The first-order valence-electron chi connectivity index (χ1n) is 9.74. The van der Waals surface area contributed by atoms with E-state index in [1.54, 1.807) is 0 Å². The molecule has 0 radical (unpaired) electrons. The minimum atomic E-state index is -0.0165. The van der Waals surface area contributed by atoms with Crippen LogP contribution >= 0.6 is 0 Å². The van der Waals surface area contributed by atoms with Gasteiger partial charge in [0.15, 0.2) is 11.5 Å². The SMILES string of the molecule is CC1CC(C)CN(C(C)(C)CNC(=O)CCc2ccc3c(c2)OCO3)C1. The molecule has 2 aliphatic heterocycles. The van der Waals surface area contributed by atoms with Gasteiger partial charge in [-0.1, -0.05) is 19.9 Å². The van der Waals surface area contributed by atoms with E-state index in [4.69, 9.17) is 9.47 Å². The molecule has 1 saturated heterocycles. The molecule has 5 heteroatoms. The standard InChI is InChI=1S/C21H32N2O3/c1-15-9-16(2)12-23(11-15)21(3,4)13-22-20(24)8-6-17-5-7-18-19(10-17)26-14-25-18/h5,7,10,15-16H,6,8-9,11-14H2,1-4H3,(H,22,24). The summed E-state index contributed by atoms with van der Waals surface area (Å²) in [6.07, 6.45) is 2.50. The summed E-state index contributed by atoms with van der Waals surface area (Å²) in [5.41, 5.74) is 1.08. The van der Waals surface area contributed by atoms with Gasteiger partial charge >= 0.3 is 0 Å². The van der Waals surface area contributed by atoms with Crippen LogP contribution in [0.1, 0.15) is 46.1 Å². The van der Waals surface area contributed by atoms with Gasteiger partial charge in [0.1, 0.15) is 0 Å². The predicted octanol–water partition coefficient (Wildman–Crippen LogP) is 3.22. The van der Waals surface area contributed by atoms with Crippen LogP contribution in [0.5, 0.6) is 11.5 Å². The normalized spacial score (nSPS) is 23.1. The van der Waals surface area contributed by atoms with Gasteiger partial charge in [-0.15, -0.1) is 0 Å². The highest BCUT2D eigenvalue weighted by Gasteiger charge is 2.32. The third-order valence-corrected chi connectivity index (χ3v) is 5.52. The van der Waals surface area contributed by atoms with E-state index < -0.39 is 0 Å². The molecule has 1 aromatic carbocycles. The number of amides is 1. The Morgan fingerprint density at radius 1 is 1.19 bits per heavy atom. The van der Waals surface area contributed by atoms with E-state index in [9.17, 15) is 4.79 Å². The number of benzene rings is 1. The highest BCUT2D eigenvalue weighted by molar-refractivity contribution is 5.76. The van der Waals surface area contributed by atoms with Gasteiger partial charge in [0, 0.05) is 31.6 Å². The lowest BCUT2D eigenvalue weighted by atomic mass is 9.88. The molecule has 1 N–H and O–H groups in total. The van der Waals surface area contributed by atoms with Crippen LogP contribution in [-0.4, -0.2) is 42.8 Å². The maximum Gasteiger partial charge on any atom is 0.231 e. The lowest BCUT2D eigenvalue weighted by molar-refractivity contribution is -0.121. The van der Waals surface area contributed by atoms with Gasteiger partial charge in [0.25, 0.3) is 0 Å². The number of hydrogen-bond acceptors (Lipinski definition) is 4. The summed E-state index contributed by atoms with van der Waals surface area (Å²) < 4.78 is 10.7. The van der Waals surface area contributed by atoms with Crippen molar-refractivity contribution in [2.24, 2.45) is 11.8 Å². The van der Waals surface area contributed by atoms with E-state index in [1.807, 2.05) is 18.2 Å². The van der Waals surface area contributed by atoms with Crippen LogP contribution < -0.4 is 14.8 Å². The van der Waals surface area contributed by atoms with Crippen molar-refractivity contribution in [3.8, 4) is 11.5 Å². The number of carbonyl (C=O) groups excluding carboxylic acids is 1. The van der Waals surface area contributed by atoms with Crippen LogP contribution in [0.25, 0.3) is 0 Å². The number of nitrogens with one attached hydrogen (secondary N) is 1. The van der Waals surface area contributed by atoms with Gasteiger partial charge in [-0.05, 0) is 56.2 Å². The summed E-state index contributed by atoms with van der Waals surface area (Å²) in [5.74, 6) is 3.11. The first-order valence-corrected chi connectivity index (χ1v) is 9.74. The van der Waals surface area contributed by atoms with E-state index in [0.717, 1.165) is 42.0 Å². The molecule has 0 saturated carbocycles. The number of piperidine rings is 1. The average Bonchev–Trinajstić information content (AvgIpc) is 3.05. The number of aryl methyl sites for hydroxylation is 1. The molecule has 2 unspecified atom stereocenters. The van der Waals surface area contributed by atoms with Crippen molar-refractivity contribution in [2.45, 2.75) is 52.5 Å². The zero-order chi connectivity index (χ0) is 18.7. The molecule has 0 aromatic heterocycles. The van der Waals surface area contributed by atoms with Crippen molar-refractivity contribution in [3.63, 3.8) is 0 Å². The highest BCUT2D eigenvalue weighted by Crippen LogP contribution is 2.32. The molecule has 0 bridgehead atoms. The van der Waals surface area contributed by atoms with E-state index in [0.29, 0.717) is 19.4 Å². The van der Waals surface area contributed by atoms with Crippen molar-refractivity contribution in [3.05, 3.63) is 23.8 Å². The van der Waals surface area contributed by atoms with Crippen LogP contribution in [0.3, 0.4) is 0 Å². The molecule has 2 heterocycles. The molecule has 2 atom stereocenters. The third kappa shape index (κ3) is 4.70. The maximum absolute atomic E-state index is 12.3. The fraction of sp³-hybridized carbons (Fsp3) is 0.667. The maximum atomic E-state index is 12.3. The zero-order valence-corrected chi connectivity index (χ0v) is 16.5. The Morgan fingerprint density at radius 2 is 1.88 bits per heavy atom. The number of ether oxygens (including phenoxy) is 2. The predicted molar refractivity (Wildman–Crippen MR) is 102 cm³/mol. The van der Waals surface area contributed by atoms with E-state index in [2.05, 4.69) is 37.9 Å². The summed E-state index contributed by atoms with van der Waals surface area (Å²) >= 11 is 0. The van der Waals surface area contributed by atoms with Crippen LogP contribution in [0.2, 0.25) is 0 Å². The lowest BCUT2D eigenvalue weighted by Gasteiger charge is -2.45. The largest absolute Gasteiger partial charge is 0.454 e. The second kappa shape index (κ2) is 7.87. The molecule has 26 heavy (non-hydrogen) atoms. The van der Waals surface area contributed by atoms with E-state index in [-0.39, 0.29) is 18.2 Å². The van der Waals surface area contributed by atoms with E-state index in [1.165, 1.54) is 6.42 Å². The molecule has 3 rings (SSSR count). The molecule has 5 nitrogen and oxygen atoms in total. The molecular weight excluding hydrogens is 328 g/mol. The van der Waals surface area contributed by atoms with Gasteiger partial charge < -0.3 is 14.8 Å². The molecule has 144 valence electrons. The van der Waals surface area contributed by atoms with Crippen molar-refractivity contribution in [1.82, 2.24) is 10.2 Å². The summed E-state index contributed by atoms with van der Waals surface area (Å²) in [6, 6.07) is 5.88. The van der Waals surface area contributed by atoms with Crippen LogP contribution in [0, 0.1) is 11.8 Å². The second-order valence-corrected chi connectivity index (χ2v) is 8.63. The number of carbonyl (C=O) groups is 1. The number of nitrogens with zero attached hydrogens (tertiary/aromatic N) is 1. The van der Waals surface area contributed by atoms with Crippen molar-refractivity contribution >= 4 is 5.91 Å². The Morgan fingerprint density at radius 3 is 2.62 bits per heavy atom. The van der Waals surface area contributed by atoms with Crippen LogP contribution in [-0.2, 0) is 11.2 Å². The third-order valence-electron chi connectivity index (χ3n) is 5.52. The highest BCUT2D eigenvalue weighted by atomic mass is 16.7. The molecule has 2 aliphatic rings. The van der Waals surface area contributed by atoms with E-state index >= 15 is 0 Å². The first-order chi connectivity index (χ1) is 12.3. The number of rotatable bonds is 6. The fourth-order valence-electron chi connectivity index (χ4n) is 4.03. The zero-order valence-electron chi connectivity index (χ0n) is 16.5. The fourth-order valence-corrected chi connectivity index (χ4v) is 4.03. The summed E-state index contributed by atoms with van der Waals surface area (Å²) in [7, 11) is 0. The molecule has 0 aliphatic carbocycles. The molecular formula is C21H32N2O3. The number of likely N-dealkylation sites (tertiary alicyclic amines) is 1. The lowest BCUT2D eigenvalue weighted by Crippen LogP contribution is -2.56. The molecule has 1 aromatic rings. The quantitative estimate of drug-likeness (QED) is 0.846. The Hall–Kier alpha value is -1.75. The van der Waals surface area contributed by atoms with Gasteiger partial charge in [0.05, 0.1) is 0 Å². The van der Waals surface area contributed by atoms with Gasteiger partial charge in [0.2, 0.25) is 12.7 Å². The van der Waals surface area contributed by atoms with Crippen LogP contribution in [0.4, 0.5) is 0 Å². The van der Waals surface area contributed by atoms with Gasteiger partial charge in [-0.2, -0.15) is 0 Å². The smallest absolute Gasteiger partial charge is 0.231 e. The second-order valence-electron chi connectivity index (χ2n) is 8.63. The van der Waals surface area contributed by atoms with Crippen molar-refractivity contribution < 1.29 is 14.3 Å². The van der Waals surface area contributed by atoms with Gasteiger partial charge in [-0.3, -0.25) is 9.69 Å². The average molecular weight is 360 g/mol. The first kappa shape index (κ1) is 19.0. The minimum absolute atomic E-state index is 0.0165. The summed E-state index contributed by atoms with van der Waals surface area (Å²) in [4.78, 5) is 14.9. The number of fused-ring (bicyclic) bond motifs is 1. The Kier molecular flexibility index (Phi) is 5.76. The van der Waals surface area contributed by atoms with Crippen molar-refractivity contribution in [2.75, 3.05) is 26.4 Å². The molecule has 1 fully saturated rings. The molecule has 1 amide bonds. The molecule has 0 spiro atoms. The minimum Gasteiger partial charge on any atom is -0.454 e. The summed E-state index contributed by atoms with van der Waals surface area (Å²) in [5, 5.41) is 3.14. The van der Waals surface area contributed by atoms with Crippen molar-refractivity contribution in [1.29, 1.82) is 0 Å². The van der Waals surface area contributed by atoms with Crippen LogP contribution in [0.15, 0.2) is 18.2 Å². The number of hydrogen-bond donors (Lipinski definition) is 1. The Bertz CT molecular complexity index is 634. The topological polar surface area (TPSA) is 50.8 Å². The Labute approximate surface area is 157 Å². The Balaban J connectivity index is 1.46.